The predicted molar refractivity (Wildman–Crippen MR) is 107 cm³/mol. The Kier molecular flexibility index (Phi) is 6.46. The fraction of sp³-hybridized carbons (Fsp3) is 0.250. The minimum atomic E-state index is -4.61. The number of alkyl halides is 3. The van der Waals surface area contributed by atoms with E-state index >= 15 is 0 Å². The van der Waals surface area contributed by atoms with Crippen molar-refractivity contribution in [2.45, 2.75) is 32.4 Å². The molecule has 2 aromatic rings. The van der Waals surface area contributed by atoms with Crippen LogP contribution in [0.15, 0.2) is 54.4 Å². The average molecular weight is 423 g/mol. The molecule has 6 nitrogen and oxygen atoms in total. The molecule has 0 aliphatic carbocycles. The SMILES string of the molecule is CCCCC1=CN(c2ccc(NC(=O)Nc3ccccc3C(F)(F)F)cc2F)NN1. The lowest BCUT2D eigenvalue weighted by molar-refractivity contribution is -0.136. The number of unbranched alkanes of at least 4 members (excludes halogenated alkanes) is 1. The first-order valence-corrected chi connectivity index (χ1v) is 9.33. The zero-order valence-electron chi connectivity index (χ0n) is 16.1. The lowest BCUT2D eigenvalue weighted by atomic mass is 10.1. The van der Waals surface area contributed by atoms with Gasteiger partial charge in [0.2, 0.25) is 0 Å². The van der Waals surface area contributed by atoms with Crippen molar-refractivity contribution < 1.29 is 22.4 Å². The van der Waals surface area contributed by atoms with Gasteiger partial charge in [-0.3, -0.25) is 5.01 Å². The summed E-state index contributed by atoms with van der Waals surface area (Å²) in [7, 11) is 0. The monoisotopic (exact) mass is 423 g/mol. The Hall–Kier alpha value is -3.27. The van der Waals surface area contributed by atoms with Gasteiger partial charge in [0.15, 0.2) is 0 Å². The maximum absolute atomic E-state index is 14.5. The van der Waals surface area contributed by atoms with Gasteiger partial charge in [0.05, 0.1) is 16.9 Å². The minimum absolute atomic E-state index is 0.0978. The van der Waals surface area contributed by atoms with Crippen LogP contribution < -0.4 is 26.6 Å². The molecule has 3 rings (SSSR count). The van der Waals surface area contributed by atoms with Gasteiger partial charge in [0, 0.05) is 17.6 Å². The molecule has 2 amide bonds. The minimum Gasteiger partial charge on any atom is -0.308 e. The van der Waals surface area contributed by atoms with Crippen LogP contribution in [0.5, 0.6) is 0 Å². The number of urea groups is 1. The molecule has 0 radical (unpaired) electrons. The number of halogens is 4. The fourth-order valence-corrected chi connectivity index (χ4v) is 2.88. The van der Waals surface area contributed by atoms with Crippen LogP contribution in [0, 0.1) is 5.82 Å². The molecule has 2 aromatic carbocycles. The second kappa shape index (κ2) is 9.04. The third-order valence-electron chi connectivity index (χ3n) is 4.37. The van der Waals surface area contributed by atoms with Crippen molar-refractivity contribution in [3.63, 3.8) is 0 Å². The van der Waals surface area contributed by atoms with E-state index in [4.69, 9.17) is 0 Å². The van der Waals surface area contributed by atoms with Gasteiger partial charge in [-0.1, -0.05) is 25.5 Å². The molecule has 160 valence electrons. The molecule has 1 heterocycles. The van der Waals surface area contributed by atoms with Crippen molar-refractivity contribution in [3.05, 3.63) is 65.7 Å². The molecular weight excluding hydrogens is 402 g/mol. The van der Waals surface area contributed by atoms with Crippen LogP contribution in [0.4, 0.5) is 39.4 Å². The van der Waals surface area contributed by atoms with Crippen molar-refractivity contribution in [1.29, 1.82) is 0 Å². The van der Waals surface area contributed by atoms with Crippen LogP contribution in [-0.4, -0.2) is 6.03 Å². The summed E-state index contributed by atoms with van der Waals surface area (Å²) in [6.45, 7) is 2.07. The van der Waals surface area contributed by atoms with Gasteiger partial charge in [-0.2, -0.15) is 13.2 Å². The Labute approximate surface area is 170 Å². The van der Waals surface area contributed by atoms with E-state index in [0.29, 0.717) is 0 Å². The van der Waals surface area contributed by atoms with E-state index in [1.165, 1.54) is 29.3 Å². The largest absolute Gasteiger partial charge is 0.418 e. The van der Waals surface area contributed by atoms with Gasteiger partial charge >= 0.3 is 12.2 Å². The van der Waals surface area contributed by atoms with E-state index in [1.807, 2.05) is 0 Å². The molecule has 0 atom stereocenters. The van der Waals surface area contributed by atoms with Crippen LogP contribution in [0.25, 0.3) is 0 Å². The first-order chi connectivity index (χ1) is 14.3. The smallest absolute Gasteiger partial charge is 0.308 e. The van der Waals surface area contributed by atoms with E-state index in [2.05, 4.69) is 28.5 Å². The fourth-order valence-electron chi connectivity index (χ4n) is 2.88. The van der Waals surface area contributed by atoms with Gasteiger partial charge < -0.3 is 16.1 Å². The third-order valence-corrected chi connectivity index (χ3v) is 4.37. The molecule has 30 heavy (non-hydrogen) atoms. The number of benzene rings is 2. The summed E-state index contributed by atoms with van der Waals surface area (Å²) in [5.41, 5.74) is 5.66. The van der Waals surface area contributed by atoms with Gasteiger partial charge in [0.1, 0.15) is 5.82 Å². The van der Waals surface area contributed by atoms with E-state index in [9.17, 15) is 22.4 Å². The molecule has 0 saturated carbocycles. The summed E-state index contributed by atoms with van der Waals surface area (Å²) >= 11 is 0. The summed E-state index contributed by atoms with van der Waals surface area (Å²) < 4.78 is 53.6. The van der Waals surface area contributed by atoms with E-state index < -0.39 is 29.3 Å². The number of carbonyl (C=O) groups is 1. The van der Waals surface area contributed by atoms with Crippen LogP contribution in [0.3, 0.4) is 0 Å². The number of carbonyl (C=O) groups excluding carboxylic acids is 1. The number of amides is 2. The molecule has 0 bridgehead atoms. The van der Waals surface area contributed by atoms with Gasteiger partial charge in [-0.05, 0) is 43.2 Å². The molecule has 4 N–H and O–H groups in total. The molecular formula is C20H21F4N5O. The highest BCUT2D eigenvalue weighted by Gasteiger charge is 2.33. The molecule has 1 aliphatic heterocycles. The number of anilines is 3. The van der Waals surface area contributed by atoms with Gasteiger partial charge in [-0.15, -0.1) is 5.53 Å². The van der Waals surface area contributed by atoms with Gasteiger partial charge in [-0.25, -0.2) is 9.18 Å². The standard InChI is InChI=1S/C20H21F4N5O/c1-2-3-6-14-12-29(28-27-14)18-10-9-13(11-16(18)21)25-19(30)26-17-8-5-4-7-15(17)20(22,23)24/h4-5,7-12,27-28H,2-3,6H2,1H3,(H2,25,26,30). The Morgan fingerprint density at radius 2 is 1.90 bits per heavy atom. The van der Waals surface area contributed by atoms with Crippen molar-refractivity contribution in [2.24, 2.45) is 0 Å². The van der Waals surface area contributed by atoms with Crippen LogP contribution in [-0.2, 0) is 6.18 Å². The third kappa shape index (κ3) is 5.20. The van der Waals surface area contributed by atoms with E-state index in [1.54, 1.807) is 6.20 Å². The first-order valence-electron chi connectivity index (χ1n) is 9.33. The first kappa shape index (κ1) is 21.4. The zero-order chi connectivity index (χ0) is 21.7. The maximum atomic E-state index is 14.5. The van der Waals surface area contributed by atoms with Crippen molar-refractivity contribution in [2.75, 3.05) is 15.6 Å². The highest BCUT2D eigenvalue weighted by atomic mass is 19.4. The number of allylic oxidation sites excluding steroid dienone is 1. The zero-order valence-corrected chi connectivity index (χ0v) is 16.1. The number of hydrogen-bond acceptors (Lipinski definition) is 4. The quantitative estimate of drug-likeness (QED) is 0.473. The maximum Gasteiger partial charge on any atom is 0.418 e. The van der Waals surface area contributed by atoms with Crippen LogP contribution in [0.2, 0.25) is 0 Å². The number of hydrazine groups is 2. The average Bonchev–Trinajstić information content (AvgIpc) is 3.14. The highest BCUT2D eigenvalue weighted by Crippen LogP contribution is 2.34. The van der Waals surface area contributed by atoms with Crippen LogP contribution in [0.1, 0.15) is 31.7 Å². The normalized spacial score (nSPS) is 13.6. The molecule has 0 fully saturated rings. The molecule has 0 unspecified atom stereocenters. The second-order valence-corrected chi connectivity index (χ2v) is 6.65. The van der Waals surface area contributed by atoms with Crippen molar-refractivity contribution in [1.82, 2.24) is 11.0 Å². The van der Waals surface area contributed by atoms with E-state index in [-0.39, 0.29) is 11.4 Å². The lowest BCUT2D eigenvalue weighted by Gasteiger charge is -2.17. The predicted octanol–water partition coefficient (Wildman–Crippen LogP) is 5.35. The summed E-state index contributed by atoms with van der Waals surface area (Å²) in [5, 5.41) is 5.96. The number of nitrogens with zero attached hydrogens (tertiary/aromatic N) is 1. The Morgan fingerprint density at radius 1 is 1.13 bits per heavy atom. The summed E-state index contributed by atoms with van der Waals surface area (Å²) in [6, 6.07) is 7.67. The Balaban J connectivity index is 1.67. The van der Waals surface area contributed by atoms with Gasteiger partial charge in [0.25, 0.3) is 0 Å². The second-order valence-electron chi connectivity index (χ2n) is 6.65. The number of para-hydroxylation sites is 1. The number of nitrogens with one attached hydrogen (secondary N) is 4. The van der Waals surface area contributed by atoms with Crippen LogP contribution >= 0.6 is 0 Å². The van der Waals surface area contributed by atoms with E-state index in [0.717, 1.165) is 43.2 Å². The number of rotatable bonds is 6. The Bertz CT molecular complexity index is 945. The molecule has 0 saturated heterocycles. The topological polar surface area (TPSA) is 68.4 Å². The summed E-state index contributed by atoms with van der Waals surface area (Å²) in [4.78, 5) is 12.1. The summed E-state index contributed by atoms with van der Waals surface area (Å²) in [5.74, 6) is -0.620. The number of hydrogen-bond donors (Lipinski definition) is 4. The molecule has 0 aromatic heterocycles. The molecule has 10 heteroatoms. The molecule has 0 spiro atoms. The summed E-state index contributed by atoms with van der Waals surface area (Å²) in [6.07, 6.45) is -0.0315. The highest BCUT2D eigenvalue weighted by molar-refractivity contribution is 6.00. The Morgan fingerprint density at radius 3 is 2.60 bits per heavy atom. The molecule has 1 aliphatic rings. The lowest BCUT2D eigenvalue weighted by Crippen LogP contribution is -2.36. The van der Waals surface area contributed by atoms with Crippen molar-refractivity contribution in [3.8, 4) is 0 Å². The van der Waals surface area contributed by atoms with Crippen molar-refractivity contribution >= 4 is 23.1 Å².